The van der Waals surface area contributed by atoms with Crippen LogP contribution < -0.4 is 5.32 Å². The third-order valence-electron chi connectivity index (χ3n) is 6.40. The van der Waals surface area contributed by atoms with Crippen molar-refractivity contribution in [3.8, 4) is 0 Å². The van der Waals surface area contributed by atoms with Crippen LogP contribution in [0.1, 0.15) is 49.3 Å². The normalized spacial score (nSPS) is 22.1. The minimum absolute atomic E-state index is 0.0796. The third-order valence-corrected chi connectivity index (χ3v) is 6.40. The summed E-state index contributed by atoms with van der Waals surface area (Å²) in [7, 11) is 1.89. The molecular formula is C21H32N6O3. The number of morpholine rings is 1. The Morgan fingerprint density at radius 3 is 2.67 bits per heavy atom. The van der Waals surface area contributed by atoms with Crippen molar-refractivity contribution < 1.29 is 14.3 Å². The number of hydrogen-bond acceptors (Lipinski definition) is 7. The van der Waals surface area contributed by atoms with Gasteiger partial charge in [0.25, 0.3) is 0 Å². The summed E-state index contributed by atoms with van der Waals surface area (Å²) < 4.78 is 5.34. The van der Waals surface area contributed by atoms with Crippen molar-refractivity contribution in [2.45, 2.75) is 45.2 Å². The zero-order valence-electron chi connectivity index (χ0n) is 18.0. The van der Waals surface area contributed by atoms with Gasteiger partial charge in [-0.2, -0.15) is 0 Å². The SMILES string of the molecule is CNc1nc([C@H]2CCCN2CCC(=O)N2CCOCC2)nc2c1CCN(C(C)=O)C2. The molecule has 4 heterocycles. The lowest BCUT2D eigenvalue weighted by molar-refractivity contribution is -0.135. The van der Waals surface area contributed by atoms with Crippen LogP contribution in [0.15, 0.2) is 0 Å². The molecule has 0 saturated carbocycles. The van der Waals surface area contributed by atoms with Crippen molar-refractivity contribution in [1.82, 2.24) is 24.7 Å². The number of fused-ring (bicyclic) bond motifs is 1. The van der Waals surface area contributed by atoms with Crippen LogP contribution >= 0.6 is 0 Å². The Bertz CT molecular complexity index is 795. The Balaban J connectivity index is 1.47. The molecule has 1 aromatic rings. The van der Waals surface area contributed by atoms with Crippen LogP contribution in [0.5, 0.6) is 0 Å². The second-order valence-electron chi connectivity index (χ2n) is 8.23. The van der Waals surface area contributed by atoms with Gasteiger partial charge < -0.3 is 19.9 Å². The molecule has 0 spiro atoms. The fourth-order valence-electron chi connectivity index (χ4n) is 4.67. The van der Waals surface area contributed by atoms with Gasteiger partial charge in [-0.05, 0) is 25.8 Å². The number of ether oxygens (including phenoxy) is 1. The van der Waals surface area contributed by atoms with E-state index in [1.165, 1.54) is 0 Å². The smallest absolute Gasteiger partial charge is 0.224 e. The summed E-state index contributed by atoms with van der Waals surface area (Å²) in [4.78, 5) is 40.2. The maximum Gasteiger partial charge on any atom is 0.224 e. The molecule has 1 N–H and O–H groups in total. The molecule has 1 aromatic heterocycles. The topological polar surface area (TPSA) is 90.9 Å². The van der Waals surface area contributed by atoms with Crippen LogP contribution in [-0.2, 0) is 27.3 Å². The molecular weight excluding hydrogens is 384 g/mol. The summed E-state index contributed by atoms with van der Waals surface area (Å²) in [5, 5.41) is 3.23. The van der Waals surface area contributed by atoms with Gasteiger partial charge >= 0.3 is 0 Å². The lowest BCUT2D eigenvalue weighted by Gasteiger charge is -2.31. The zero-order valence-corrected chi connectivity index (χ0v) is 18.0. The third kappa shape index (κ3) is 4.41. The molecule has 1 atom stereocenters. The van der Waals surface area contributed by atoms with E-state index in [-0.39, 0.29) is 17.9 Å². The second kappa shape index (κ2) is 9.26. The van der Waals surface area contributed by atoms with E-state index >= 15 is 0 Å². The van der Waals surface area contributed by atoms with Crippen molar-refractivity contribution in [3.05, 3.63) is 17.1 Å². The maximum atomic E-state index is 12.6. The van der Waals surface area contributed by atoms with E-state index in [1.807, 2.05) is 16.8 Å². The van der Waals surface area contributed by atoms with Crippen molar-refractivity contribution in [2.75, 3.05) is 58.3 Å². The fourth-order valence-corrected chi connectivity index (χ4v) is 4.67. The van der Waals surface area contributed by atoms with Crippen LogP contribution in [0.4, 0.5) is 5.82 Å². The van der Waals surface area contributed by atoms with E-state index in [2.05, 4.69) is 10.2 Å². The molecule has 0 aliphatic carbocycles. The van der Waals surface area contributed by atoms with Crippen LogP contribution in [0, 0.1) is 0 Å². The molecule has 3 aliphatic heterocycles. The monoisotopic (exact) mass is 416 g/mol. The first-order chi connectivity index (χ1) is 14.6. The molecule has 0 bridgehead atoms. The average molecular weight is 417 g/mol. The number of carbonyl (C=O) groups excluding carboxylic acids is 2. The standard InChI is InChI=1S/C21H32N6O3/c1-15(28)27-8-5-16-17(14-27)23-21(24-20(16)22-2)18-4-3-7-25(18)9-6-19(29)26-10-12-30-13-11-26/h18H,3-14H2,1-2H3,(H,22,23,24)/t18-/m1/s1. The van der Waals surface area contributed by atoms with Crippen LogP contribution in [0.25, 0.3) is 0 Å². The maximum absolute atomic E-state index is 12.6. The highest BCUT2D eigenvalue weighted by Gasteiger charge is 2.32. The number of nitrogens with zero attached hydrogens (tertiary/aromatic N) is 5. The molecule has 30 heavy (non-hydrogen) atoms. The summed E-state index contributed by atoms with van der Waals surface area (Å²) in [6.07, 6.45) is 3.35. The Labute approximate surface area is 177 Å². The van der Waals surface area contributed by atoms with Crippen molar-refractivity contribution in [3.63, 3.8) is 0 Å². The Hall–Kier alpha value is -2.26. The highest BCUT2D eigenvalue weighted by Crippen LogP contribution is 2.33. The number of aromatic nitrogens is 2. The van der Waals surface area contributed by atoms with Gasteiger partial charge in [0.1, 0.15) is 11.6 Å². The number of hydrogen-bond donors (Lipinski definition) is 1. The molecule has 2 amide bonds. The Morgan fingerprint density at radius 1 is 1.13 bits per heavy atom. The van der Waals surface area contributed by atoms with Crippen molar-refractivity contribution in [1.29, 1.82) is 0 Å². The van der Waals surface area contributed by atoms with Gasteiger partial charge in [0, 0.05) is 52.1 Å². The van der Waals surface area contributed by atoms with E-state index in [1.54, 1.807) is 6.92 Å². The van der Waals surface area contributed by atoms with Gasteiger partial charge in [0.15, 0.2) is 0 Å². The molecule has 0 radical (unpaired) electrons. The first-order valence-electron chi connectivity index (χ1n) is 11.0. The van der Waals surface area contributed by atoms with E-state index in [9.17, 15) is 9.59 Å². The van der Waals surface area contributed by atoms with E-state index < -0.39 is 0 Å². The molecule has 9 heteroatoms. The summed E-state index contributed by atoms with van der Waals surface area (Å²) in [6.45, 7) is 7.16. The van der Waals surface area contributed by atoms with Gasteiger partial charge in [-0.25, -0.2) is 9.97 Å². The summed E-state index contributed by atoms with van der Waals surface area (Å²) >= 11 is 0. The second-order valence-corrected chi connectivity index (χ2v) is 8.23. The van der Waals surface area contributed by atoms with Crippen LogP contribution in [-0.4, -0.2) is 89.5 Å². The molecule has 2 fully saturated rings. The Morgan fingerprint density at radius 2 is 1.93 bits per heavy atom. The lowest BCUT2D eigenvalue weighted by atomic mass is 10.0. The van der Waals surface area contributed by atoms with E-state index in [0.717, 1.165) is 55.3 Å². The predicted octanol–water partition coefficient (Wildman–Crippen LogP) is 0.809. The van der Waals surface area contributed by atoms with Crippen molar-refractivity contribution >= 4 is 17.6 Å². The average Bonchev–Trinajstić information content (AvgIpc) is 3.25. The molecule has 0 aromatic carbocycles. The zero-order chi connectivity index (χ0) is 21.1. The van der Waals surface area contributed by atoms with Gasteiger partial charge in [-0.1, -0.05) is 0 Å². The highest BCUT2D eigenvalue weighted by molar-refractivity contribution is 5.76. The minimum Gasteiger partial charge on any atom is -0.378 e. The minimum atomic E-state index is 0.0796. The van der Waals surface area contributed by atoms with Gasteiger partial charge in [-0.3, -0.25) is 14.5 Å². The fraction of sp³-hybridized carbons (Fsp3) is 0.714. The molecule has 3 aliphatic rings. The van der Waals surface area contributed by atoms with Gasteiger partial charge in [0.2, 0.25) is 11.8 Å². The number of nitrogens with one attached hydrogen (secondary N) is 1. The molecule has 0 unspecified atom stereocenters. The lowest BCUT2D eigenvalue weighted by Crippen LogP contribution is -2.42. The van der Waals surface area contributed by atoms with E-state index in [4.69, 9.17) is 14.7 Å². The number of amides is 2. The van der Waals surface area contributed by atoms with Gasteiger partial charge in [-0.15, -0.1) is 0 Å². The van der Waals surface area contributed by atoms with Crippen molar-refractivity contribution in [2.24, 2.45) is 0 Å². The van der Waals surface area contributed by atoms with Crippen LogP contribution in [0.3, 0.4) is 0 Å². The van der Waals surface area contributed by atoms with E-state index in [0.29, 0.717) is 45.8 Å². The summed E-state index contributed by atoms with van der Waals surface area (Å²) in [5.41, 5.74) is 2.06. The summed E-state index contributed by atoms with van der Waals surface area (Å²) in [6, 6.07) is 0.118. The largest absolute Gasteiger partial charge is 0.378 e. The summed E-state index contributed by atoms with van der Waals surface area (Å²) in [5.74, 6) is 1.95. The first-order valence-corrected chi connectivity index (χ1v) is 11.0. The number of rotatable bonds is 5. The molecule has 9 nitrogen and oxygen atoms in total. The Kier molecular flexibility index (Phi) is 6.48. The number of anilines is 1. The predicted molar refractivity (Wildman–Crippen MR) is 112 cm³/mol. The quantitative estimate of drug-likeness (QED) is 0.759. The molecule has 164 valence electrons. The molecule has 4 rings (SSSR count). The van der Waals surface area contributed by atoms with Gasteiger partial charge in [0.05, 0.1) is 31.5 Å². The van der Waals surface area contributed by atoms with Crippen LogP contribution in [0.2, 0.25) is 0 Å². The molecule has 2 saturated heterocycles. The number of carbonyl (C=O) groups is 2. The number of likely N-dealkylation sites (tertiary alicyclic amines) is 1. The first kappa shape index (κ1) is 21.0. The highest BCUT2D eigenvalue weighted by atomic mass is 16.5.